The molecule has 0 saturated heterocycles. The fourth-order valence-corrected chi connectivity index (χ4v) is 4.52. The zero-order chi connectivity index (χ0) is 24.0. The molecule has 0 aliphatic carbocycles. The van der Waals surface area contributed by atoms with Gasteiger partial charge in [0.1, 0.15) is 12.3 Å². The second kappa shape index (κ2) is 10.4. The van der Waals surface area contributed by atoms with Crippen molar-refractivity contribution in [3.05, 3.63) is 77.8 Å². The molecule has 0 aliphatic rings. The van der Waals surface area contributed by atoms with Gasteiger partial charge in [-0.2, -0.15) is 0 Å². The van der Waals surface area contributed by atoms with E-state index in [-0.39, 0.29) is 16.5 Å². The molecule has 10 heteroatoms. The van der Waals surface area contributed by atoms with E-state index in [0.717, 1.165) is 4.31 Å². The minimum Gasteiger partial charge on any atom is -0.497 e. The number of hydrogen-bond acceptors (Lipinski definition) is 5. The number of nitrogens with one attached hydrogen (secondary N) is 2. The van der Waals surface area contributed by atoms with E-state index in [4.69, 9.17) is 16.3 Å². The molecule has 0 fully saturated rings. The fourth-order valence-electron chi connectivity index (χ4n) is 2.97. The van der Waals surface area contributed by atoms with Gasteiger partial charge in [-0.05, 0) is 72.8 Å². The number of nitrogens with zero attached hydrogens (tertiary/aromatic N) is 1. The Balaban J connectivity index is 1.85. The number of ether oxygens (including phenoxy) is 1. The molecule has 0 unspecified atom stereocenters. The molecule has 0 heterocycles. The van der Waals surface area contributed by atoms with Gasteiger partial charge in [-0.15, -0.1) is 0 Å². The van der Waals surface area contributed by atoms with Crippen LogP contribution in [0.15, 0.2) is 77.7 Å². The van der Waals surface area contributed by atoms with E-state index >= 15 is 0 Å². The SMILES string of the molecule is COc1ccc(S(=O)(=O)N(CC(=O)Nc2ccc(NC(C)=O)cc2)c2ccc(Cl)cc2)cc1. The second-order valence-electron chi connectivity index (χ2n) is 6.97. The molecule has 0 bridgehead atoms. The summed E-state index contributed by atoms with van der Waals surface area (Å²) in [7, 11) is -2.59. The van der Waals surface area contributed by atoms with Crippen LogP contribution in [0.3, 0.4) is 0 Å². The molecule has 0 spiro atoms. The average Bonchev–Trinajstić information content (AvgIpc) is 2.79. The van der Waals surface area contributed by atoms with Gasteiger partial charge in [0.15, 0.2) is 0 Å². The molecule has 0 radical (unpaired) electrons. The second-order valence-corrected chi connectivity index (χ2v) is 9.27. The number of anilines is 3. The van der Waals surface area contributed by atoms with Gasteiger partial charge in [-0.1, -0.05) is 11.6 Å². The molecule has 2 N–H and O–H groups in total. The molecule has 172 valence electrons. The molecule has 0 atom stereocenters. The first-order valence-corrected chi connectivity index (χ1v) is 11.6. The molecule has 0 aromatic heterocycles. The van der Waals surface area contributed by atoms with Crippen LogP contribution < -0.4 is 19.7 Å². The van der Waals surface area contributed by atoms with Crippen LogP contribution in [0.5, 0.6) is 5.75 Å². The Kier molecular flexibility index (Phi) is 7.57. The van der Waals surface area contributed by atoms with E-state index in [1.54, 1.807) is 36.4 Å². The van der Waals surface area contributed by atoms with Crippen LogP contribution in [-0.4, -0.2) is 33.9 Å². The van der Waals surface area contributed by atoms with Crippen molar-refractivity contribution in [2.75, 3.05) is 28.6 Å². The Bertz CT molecular complexity index is 1230. The minimum absolute atomic E-state index is 0.00529. The van der Waals surface area contributed by atoms with Gasteiger partial charge in [0.2, 0.25) is 11.8 Å². The van der Waals surface area contributed by atoms with Crippen LogP contribution in [0.2, 0.25) is 5.02 Å². The lowest BCUT2D eigenvalue weighted by Crippen LogP contribution is -2.38. The standard InChI is InChI=1S/C23H22ClN3O5S/c1-16(28)25-18-5-7-19(8-6-18)26-23(29)15-27(20-9-3-17(24)4-10-20)33(30,31)22-13-11-21(32-2)12-14-22/h3-14H,15H2,1-2H3,(H,25,28)(H,26,29). The summed E-state index contributed by atoms with van der Waals surface area (Å²) in [5.74, 6) is -0.254. The van der Waals surface area contributed by atoms with E-state index in [1.807, 2.05) is 0 Å². The number of hydrogen-bond donors (Lipinski definition) is 2. The quantitative estimate of drug-likeness (QED) is 0.497. The van der Waals surface area contributed by atoms with Crippen LogP contribution in [0.1, 0.15) is 6.92 Å². The topological polar surface area (TPSA) is 105 Å². The molecule has 0 aliphatic heterocycles. The summed E-state index contributed by atoms with van der Waals surface area (Å²) in [6.07, 6.45) is 0. The van der Waals surface area contributed by atoms with E-state index in [1.165, 1.54) is 50.4 Å². The number of methoxy groups -OCH3 is 1. The summed E-state index contributed by atoms with van der Waals surface area (Å²) >= 11 is 5.95. The highest BCUT2D eigenvalue weighted by atomic mass is 35.5. The highest BCUT2D eigenvalue weighted by Crippen LogP contribution is 2.26. The van der Waals surface area contributed by atoms with Gasteiger partial charge in [-0.25, -0.2) is 8.42 Å². The largest absolute Gasteiger partial charge is 0.497 e. The third-order valence-corrected chi connectivity index (χ3v) is 6.58. The molecule has 0 saturated carbocycles. The van der Waals surface area contributed by atoms with Crippen molar-refractivity contribution in [2.45, 2.75) is 11.8 Å². The van der Waals surface area contributed by atoms with Crippen molar-refractivity contribution in [1.29, 1.82) is 0 Å². The predicted octanol–water partition coefficient (Wildman–Crippen LogP) is 4.14. The van der Waals surface area contributed by atoms with Crippen molar-refractivity contribution in [1.82, 2.24) is 0 Å². The van der Waals surface area contributed by atoms with Gasteiger partial charge >= 0.3 is 0 Å². The third-order valence-electron chi connectivity index (χ3n) is 4.54. The predicted molar refractivity (Wildman–Crippen MR) is 128 cm³/mol. The van der Waals surface area contributed by atoms with Gasteiger partial charge < -0.3 is 15.4 Å². The van der Waals surface area contributed by atoms with Crippen LogP contribution in [0.25, 0.3) is 0 Å². The number of carbonyl (C=O) groups excluding carboxylic acids is 2. The van der Waals surface area contributed by atoms with Crippen molar-refractivity contribution < 1.29 is 22.7 Å². The molecule has 3 rings (SSSR count). The number of rotatable bonds is 8. The van der Waals surface area contributed by atoms with Gasteiger partial charge in [0.05, 0.1) is 17.7 Å². The maximum atomic E-state index is 13.4. The summed E-state index contributed by atoms with van der Waals surface area (Å²) < 4.78 is 32.9. The summed E-state index contributed by atoms with van der Waals surface area (Å²) in [6.45, 7) is 0.924. The molecule has 3 aromatic carbocycles. The Morgan fingerprint density at radius 2 is 1.42 bits per heavy atom. The van der Waals surface area contributed by atoms with Crippen molar-refractivity contribution in [3.8, 4) is 5.75 Å². The Hall–Kier alpha value is -3.56. The Morgan fingerprint density at radius 1 is 0.879 bits per heavy atom. The number of sulfonamides is 1. The summed E-state index contributed by atoms with van der Waals surface area (Å²) in [5, 5.41) is 5.74. The maximum Gasteiger partial charge on any atom is 0.264 e. The lowest BCUT2D eigenvalue weighted by molar-refractivity contribution is -0.115. The van der Waals surface area contributed by atoms with Gasteiger partial charge in [0, 0.05) is 23.3 Å². The summed E-state index contributed by atoms with van der Waals surface area (Å²) in [4.78, 5) is 23.9. The van der Waals surface area contributed by atoms with Gasteiger partial charge in [-0.3, -0.25) is 13.9 Å². The van der Waals surface area contributed by atoms with Crippen LogP contribution in [0.4, 0.5) is 17.1 Å². The van der Waals surface area contributed by atoms with Crippen LogP contribution in [-0.2, 0) is 19.6 Å². The van der Waals surface area contributed by atoms with Crippen molar-refractivity contribution in [3.63, 3.8) is 0 Å². The number of carbonyl (C=O) groups is 2. The number of benzene rings is 3. The lowest BCUT2D eigenvalue weighted by Gasteiger charge is -2.24. The highest BCUT2D eigenvalue weighted by molar-refractivity contribution is 7.92. The molecular formula is C23H22ClN3O5S. The zero-order valence-corrected chi connectivity index (χ0v) is 19.5. The first-order valence-electron chi connectivity index (χ1n) is 9.79. The van der Waals surface area contributed by atoms with Gasteiger partial charge in [0.25, 0.3) is 10.0 Å². The van der Waals surface area contributed by atoms with Crippen molar-refractivity contribution >= 4 is 50.5 Å². The summed E-state index contributed by atoms with van der Waals surface area (Å²) in [5.41, 5.74) is 1.31. The zero-order valence-electron chi connectivity index (χ0n) is 17.9. The monoisotopic (exact) mass is 487 g/mol. The minimum atomic E-state index is -4.07. The molecule has 8 nitrogen and oxygen atoms in total. The molecule has 33 heavy (non-hydrogen) atoms. The highest BCUT2D eigenvalue weighted by Gasteiger charge is 2.27. The molecule has 3 aromatic rings. The van der Waals surface area contributed by atoms with Crippen LogP contribution >= 0.6 is 11.6 Å². The number of amides is 2. The van der Waals surface area contributed by atoms with E-state index in [9.17, 15) is 18.0 Å². The third kappa shape index (κ3) is 6.24. The Morgan fingerprint density at radius 3 is 1.94 bits per heavy atom. The first-order chi connectivity index (χ1) is 15.7. The Labute approximate surface area is 197 Å². The van der Waals surface area contributed by atoms with E-state index in [2.05, 4.69) is 10.6 Å². The van der Waals surface area contributed by atoms with E-state index < -0.39 is 22.5 Å². The number of halogens is 1. The lowest BCUT2D eigenvalue weighted by atomic mass is 10.2. The normalized spacial score (nSPS) is 10.9. The van der Waals surface area contributed by atoms with E-state index in [0.29, 0.717) is 22.1 Å². The molecule has 2 amide bonds. The fraction of sp³-hybridized carbons (Fsp3) is 0.130. The summed E-state index contributed by atoms with van der Waals surface area (Å²) in [6, 6.07) is 18.5. The first kappa shape index (κ1) is 24.1. The molecular weight excluding hydrogens is 466 g/mol. The smallest absolute Gasteiger partial charge is 0.264 e. The maximum absolute atomic E-state index is 13.4. The van der Waals surface area contributed by atoms with Crippen LogP contribution in [0, 0.1) is 0 Å². The van der Waals surface area contributed by atoms with Crippen molar-refractivity contribution in [2.24, 2.45) is 0 Å². The average molecular weight is 488 g/mol.